The number of furan rings is 1. The van der Waals surface area contributed by atoms with Crippen LogP contribution in [0.5, 0.6) is 0 Å². The topological polar surface area (TPSA) is 82.6 Å². The summed E-state index contributed by atoms with van der Waals surface area (Å²) in [5, 5.41) is 4.74. The van der Waals surface area contributed by atoms with E-state index in [9.17, 15) is 4.79 Å². The maximum absolute atomic E-state index is 13.2. The van der Waals surface area contributed by atoms with E-state index in [4.69, 9.17) is 25.5 Å². The minimum atomic E-state index is -0.169. The summed E-state index contributed by atoms with van der Waals surface area (Å²) < 4.78 is 19.7. The molecule has 2 aliphatic heterocycles. The highest BCUT2D eigenvalue weighted by molar-refractivity contribution is 6.33. The smallest absolute Gasteiger partial charge is 0.257 e. The number of fused-ring (bicyclic) bond motifs is 1. The highest BCUT2D eigenvalue weighted by Crippen LogP contribution is 2.32. The summed E-state index contributed by atoms with van der Waals surface area (Å²) in [6.07, 6.45) is 2.82. The van der Waals surface area contributed by atoms with Crippen molar-refractivity contribution in [3.8, 4) is 11.3 Å². The lowest BCUT2D eigenvalue weighted by molar-refractivity contribution is -0.00461. The number of likely N-dealkylation sites (tertiary alicyclic amines) is 1. The van der Waals surface area contributed by atoms with Gasteiger partial charge in [0, 0.05) is 18.7 Å². The van der Waals surface area contributed by atoms with Crippen LogP contribution in [0.4, 0.5) is 0 Å². The van der Waals surface area contributed by atoms with E-state index < -0.39 is 0 Å². The first kappa shape index (κ1) is 19.3. The van der Waals surface area contributed by atoms with Crippen molar-refractivity contribution < 1.29 is 18.7 Å². The van der Waals surface area contributed by atoms with Gasteiger partial charge in [-0.1, -0.05) is 23.7 Å². The molecule has 1 aromatic carbocycles. The molecule has 5 rings (SSSR count). The molecule has 1 amide bonds. The Morgan fingerprint density at radius 2 is 1.90 bits per heavy atom. The van der Waals surface area contributed by atoms with Crippen LogP contribution < -0.4 is 0 Å². The van der Waals surface area contributed by atoms with E-state index in [-0.39, 0.29) is 24.2 Å². The van der Waals surface area contributed by atoms with Gasteiger partial charge in [-0.05, 0) is 25.1 Å². The number of carbonyl (C=O) groups excluding carboxylic acids is 1. The molecule has 3 aromatic rings. The molecule has 0 saturated carbocycles. The molecule has 8 nitrogen and oxygen atoms in total. The fourth-order valence-electron chi connectivity index (χ4n) is 3.96. The zero-order valence-electron chi connectivity index (χ0n) is 16.4. The summed E-state index contributed by atoms with van der Waals surface area (Å²) in [5.74, 6) is 1.05. The summed E-state index contributed by atoms with van der Waals surface area (Å²) in [7, 11) is 0. The number of nitrogens with zero attached hydrogens (tertiary/aromatic N) is 4. The third-order valence-electron chi connectivity index (χ3n) is 5.61. The van der Waals surface area contributed by atoms with Gasteiger partial charge in [0.25, 0.3) is 5.91 Å². The molecule has 2 saturated heterocycles. The average molecular weight is 429 g/mol. The molecule has 0 N–H and O–H groups in total. The van der Waals surface area contributed by atoms with E-state index in [1.165, 1.54) is 6.33 Å². The van der Waals surface area contributed by atoms with Crippen LogP contribution in [0, 0.1) is 6.92 Å². The van der Waals surface area contributed by atoms with Gasteiger partial charge in [-0.2, -0.15) is 5.10 Å². The standard InChI is InChI=1S/C21H21ClN4O4/c1-13-16(6-18(30-13)15-4-2-3-5-17(15)22)21(27)25-7-19-20(8-25)29-10-14(9-28-19)26-12-23-11-24-26/h2-6,11-12,14,19-20H,7-10H2,1H3/t19-,20-/m0/s1. The predicted molar refractivity (Wildman–Crippen MR) is 108 cm³/mol. The lowest BCUT2D eigenvalue weighted by atomic mass is 10.1. The molecule has 0 unspecified atom stereocenters. The fourth-order valence-corrected chi connectivity index (χ4v) is 4.19. The minimum absolute atomic E-state index is 0.0171. The second-order valence-corrected chi connectivity index (χ2v) is 7.95. The maximum Gasteiger partial charge on any atom is 0.257 e. The summed E-state index contributed by atoms with van der Waals surface area (Å²) in [6, 6.07) is 9.15. The number of aromatic nitrogens is 3. The lowest BCUT2D eigenvalue weighted by Gasteiger charge is -2.18. The number of hydrogen-bond acceptors (Lipinski definition) is 6. The van der Waals surface area contributed by atoms with Crippen molar-refractivity contribution >= 4 is 17.5 Å². The molecule has 30 heavy (non-hydrogen) atoms. The molecule has 2 atom stereocenters. The first-order chi connectivity index (χ1) is 14.6. The number of benzene rings is 1. The highest BCUT2D eigenvalue weighted by atomic mass is 35.5. The van der Waals surface area contributed by atoms with Crippen LogP contribution in [0.2, 0.25) is 5.02 Å². The number of amides is 1. The second kappa shape index (κ2) is 7.86. The molecule has 0 spiro atoms. The van der Waals surface area contributed by atoms with Gasteiger partial charge in [0.15, 0.2) is 0 Å². The monoisotopic (exact) mass is 428 g/mol. The van der Waals surface area contributed by atoms with Crippen LogP contribution in [-0.2, 0) is 9.47 Å². The zero-order chi connectivity index (χ0) is 20.7. The van der Waals surface area contributed by atoms with Crippen LogP contribution in [0.1, 0.15) is 22.2 Å². The predicted octanol–water partition coefficient (Wildman–Crippen LogP) is 2.98. The Kier molecular flexibility index (Phi) is 5.06. The Morgan fingerprint density at radius 3 is 2.57 bits per heavy atom. The summed E-state index contributed by atoms with van der Waals surface area (Å²) >= 11 is 6.28. The quantitative estimate of drug-likeness (QED) is 0.637. The third kappa shape index (κ3) is 3.51. The van der Waals surface area contributed by atoms with Crippen LogP contribution in [0.25, 0.3) is 11.3 Å². The summed E-state index contributed by atoms with van der Waals surface area (Å²) in [5.41, 5.74) is 1.29. The number of rotatable bonds is 3. The van der Waals surface area contributed by atoms with Crippen LogP contribution in [-0.4, -0.2) is 64.1 Å². The molecule has 0 radical (unpaired) electrons. The van der Waals surface area contributed by atoms with E-state index in [0.717, 1.165) is 5.56 Å². The Hall–Kier alpha value is -2.68. The maximum atomic E-state index is 13.2. The molecule has 0 bridgehead atoms. The first-order valence-electron chi connectivity index (χ1n) is 9.82. The van der Waals surface area contributed by atoms with Gasteiger partial charge in [0.05, 0.1) is 23.8 Å². The van der Waals surface area contributed by atoms with Crippen molar-refractivity contribution in [2.45, 2.75) is 25.2 Å². The number of aryl methyl sites for hydroxylation is 1. The molecule has 4 heterocycles. The Bertz CT molecular complexity index is 1040. The van der Waals surface area contributed by atoms with Gasteiger partial charge in [0.1, 0.15) is 42.4 Å². The minimum Gasteiger partial charge on any atom is -0.460 e. The number of ether oxygens (including phenoxy) is 2. The van der Waals surface area contributed by atoms with E-state index in [1.807, 2.05) is 18.2 Å². The zero-order valence-corrected chi connectivity index (χ0v) is 17.2. The number of hydrogen-bond donors (Lipinski definition) is 0. The molecule has 9 heteroatoms. The molecule has 0 aliphatic carbocycles. The Labute approximate surface area is 178 Å². The molecule has 156 valence electrons. The SMILES string of the molecule is Cc1oc(-c2ccccc2Cl)cc1C(=O)N1C[C@@H]2OCC(n3cncn3)CO[C@H]2C1. The van der Waals surface area contributed by atoms with Crippen molar-refractivity contribution in [3.63, 3.8) is 0 Å². The fraction of sp³-hybridized carbons (Fsp3) is 0.381. The lowest BCUT2D eigenvalue weighted by Crippen LogP contribution is -2.31. The Balaban J connectivity index is 1.29. The van der Waals surface area contributed by atoms with E-state index in [1.54, 1.807) is 35.0 Å². The largest absolute Gasteiger partial charge is 0.460 e. The number of halogens is 1. The van der Waals surface area contributed by atoms with Crippen LogP contribution in [0.15, 0.2) is 47.4 Å². The van der Waals surface area contributed by atoms with Gasteiger partial charge in [-0.3, -0.25) is 4.79 Å². The molecule has 2 fully saturated rings. The van der Waals surface area contributed by atoms with Crippen molar-refractivity contribution in [1.29, 1.82) is 0 Å². The van der Waals surface area contributed by atoms with Crippen molar-refractivity contribution in [3.05, 3.63) is 59.3 Å². The summed E-state index contributed by atoms with van der Waals surface area (Å²) in [6.45, 7) is 3.67. The second-order valence-electron chi connectivity index (χ2n) is 7.54. The van der Waals surface area contributed by atoms with E-state index >= 15 is 0 Å². The average Bonchev–Trinajstić information content (AvgIpc) is 3.47. The van der Waals surface area contributed by atoms with Gasteiger partial charge in [-0.15, -0.1) is 0 Å². The first-order valence-corrected chi connectivity index (χ1v) is 10.2. The van der Waals surface area contributed by atoms with Crippen molar-refractivity contribution in [2.75, 3.05) is 26.3 Å². The van der Waals surface area contributed by atoms with E-state index in [2.05, 4.69) is 10.1 Å². The van der Waals surface area contributed by atoms with Gasteiger partial charge in [-0.25, -0.2) is 9.67 Å². The summed E-state index contributed by atoms with van der Waals surface area (Å²) in [4.78, 5) is 18.9. The molecular weight excluding hydrogens is 408 g/mol. The highest BCUT2D eigenvalue weighted by Gasteiger charge is 2.40. The molecule has 2 aliphatic rings. The normalized spacial score (nSPS) is 22.1. The third-order valence-corrected chi connectivity index (χ3v) is 5.94. The van der Waals surface area contributed by atoms with Crippen molar-refractivity contribution in [2.24, 2.45) is 0 Å². The van der Waals surface area contributed by atoms with Crippen molar-refractivity contribution in [1.82, 2.24) is 19.7 Å². The van der Waals surface area contributed by atoms with Gasteiger partial charge in [0.2, 0.25) is 0 Å². The number of carbonyl (C=O) groups is 1. The Morgan fingerprint density at radius 1 is 1.17 bits per heavy atom. The van der Waals surface area contributed by atoms with Gasteiger partial charge >= 0.3 is 0 Å². The van der Waals surface area contributed by atoms with Crippen LogP contribution >= 0.6 is 11.6 Å². The molecular formula is C21H21ClN4O4. The van der Waals surface area contributed by atoms with Gasteiger partial charge < -0.3 is 18.8 Å². The van der Waals surface area contributed by atoms with E-state index in [0.29, 0.717) is 48.4 Å². The van der Waals surface area contributed by atoms with Crippen LogP contribution in [0.3, 0.4) is 0 Å². The molecule has 2 aromatic heterocycles.